The lowest BCUT2D eigenvalue weighted by Crippen LogP contribution is -2.26. The molecule has 0 spiro atoms. The predicted molar refractivity (Wildman–Crippen MR) is 113 cm³/mol. The summed E-state index contributed by atoms with van der Waals surface area (Å²) in [5.74, 6) is -0.373. The Bertz CT molecular complexity index is 1080. The minimum Gasteiger partial charge on any atom is -0.322 e. The maximum Gasteiger partial charge on any atom is 0.256 e. The maximum atomic E-state index is 12.8. The van der Waals surface area contributed by atoms with Crippen LogP contribution in [0.25, 0.3) is 0 Å². The van der Waals surface area contributed by atoms with Crippen LogP contribution >= 0.6 is 15.9 Å². The van der Waals surface area contributed by atoms with Crippen LogP contribution in [0.2, 0.25) is 0 Å². The van der Waals surface area contributed by atoms with E-state index in [0.29, 0.717) is 23.1 Å². The van der Waals surface area contributed by atoms with Crippen molar-refractivity contribution in [2.24, 2.45) is 0 Å². The van der Waals surface area contributed by atoms with Gasteiger partial charge < -0.3 is 10.2 Å². The first-order valence-corrected chi connectivity index (χ1v) is 11.6. The Labute approximate surface area is 177 Å². The van der Waals surface area contributed by atoms with Crippen molar-refractivity contribution in [3.05, 3.63) is 52.5 Å². The SMILES string of the molecule is O=C(Nc1cccc(N2CCCC2=O)c1)c1cc(S(=O)(=O)NC2CC2)ccc1Br. The molecule has 0 atom stereocenters. The van der Waals surface area contributed by atoms with E-state index in [1.807, 2.05) is 6.07 Å². The summed E-state index contributed by atoms with van der Waals surface area (Å²) in [5, 5.41) is 2.79. The van der Waals surface area contributed by atoms with E-state index in [1.165, 1.54) is 12.1 Å². The Balaban J connectivity index is 1.55. The van der Waals surface area contributed by atoms with Crippen molar-refractivity contribution in [1.82, 2.24) is 4.72 Å². The Morgan fingerprint density at radius 2 is 1.93 bits per heavy atom. The van der Waals surface area contributed by atoms with Gasteiger partial charge in [0.1, 0.15) is 0 Å². The van der Waals surface area contributed by atoms with Crippen molar-refractivity contribution >= 4 is 49.1 Å². The highest BCUT2D eigenvalue weighted by molar-refractivity contribution is 9.10. The van der Waals surface area contributed by atoms with Crippen LogP contribution in [0.3, 0.4) is 0 Å². The molecule has 1 saturated carbocycles. The van der Waals surface area contributed by atoms with E-state index >= 15 is 0 Å². The quantitative estimate of drug-likeness (QED) is 0.667. The largest absolute Gasteiger partial charge is 0.322 e. The van der Waals surface area contributed by atoms with Gasteiger partial charge in [-0.2, -0.15) is 0 Å². The van der Waals surface area contributed by atoms with Crippen molar-refractivity contribution in [3.8, 4) is 0 Å². The fraction of sp³-hybridized carbons (Fsp3) is 0.300. The molecule has 1 saturated heterocycles. The molecule has 1 aliphatic heterocycles. The number of amides is 2. The fourth-order valence-corrected chi connectivity index (χ4v) is 4.96. The van der Waals surface area contributed by atoms with Crippen molar-refractivity contribution in [3.63, 3.8) is 0 Å². The van der Waals surface area contributed by atoms with Gasteiger partial charge in [-0.25, -0.2) is 13.1 Å². The van der Waals surface area contributed by atoms with Crippen LogP contribution in [0.15, 0.2) is 51.8 Å². The third-order valence-electron chi connectivity index (χ3n) is 4.88. The molecule has 0 aromatic heterocycles. The summed E-state index contributed by atoms with van der Waals surface area (Å²) in [7, 11) is -3.66. The van der Waals surface area contributed by atoms with Crippen LogP contribution in [0, 0.1) is 0 Å². The normalized spacial score (nSPS) is 16.9. The van der Waals surface area contributed by atoms with E-state index in [2.05, 4.69) is 26.0 Å². The predicted octanol–water partition coefficient (Wildman–Crippen LogP) is 3.27. The van der Waals surface area contributed by atoms with Gasteiger partial charge in [0.15, 0.2) is 0 Å². The average molecular weight is 478 g/mol. The van der Waals surface area contributed by atoms with Gasteiger partial charge in [0.2, 0.25) is 15.9 Å². The van der Waals surface area contributed by atoms with Crippen molar-refractivity contribution < 1.29 is 18.0 Å². The Morgan fingerprint density at radius 1 is 1.14 bits per heavy atom. The van der Waals surface area contributed by atoms with Gasteiger partial charge in [-0.05, 0) is 71.6 Å². The minimum atomic E-state index is -3.66. The second-order valence-electron chi connectivity index (χ2n) is 7.19. The molecule has 152 valence electrons. The second-order valence-corrected chi connectivity index (χ2v) is 9.76. The Hall–Kier alpha value is -2.23. The van der Waals surface area contributed by atoms with E-state index in [9.17, 15) is 18.0 Å². The summed E-state index contributed by atoms with van der Waals surface area (Å²) in [6.07, 6.45) is 3.01. The highest BCUT2D eigenvalue weighted by atomic mass is 79.9. The Morgan fingerprint density at radius 3 is 2.62 bits per heavy atom. The molecule has 29 heavy (non-hydrogen) atoms. The molecule has 2 N–H and O–H groups in total. The van der Waals surface area contributed by atoms with Gasteiger partial charge >= 0.3 is 0 Å². The molecule has 0 unspecified atom stereocenters. The smallest absolute Gasteiger partial charge is 0.256 e. The summed E-state index contributed by atoms with van der Waals surface area (Å²) in [6, 6.07) is 11.4. The number of nitrogens with one attached hydrogen (secondary N) is 2. The van der Waals surface area contributed by atoms with Crippen LogP contribution in [-0.4, -0.2) is 32.8 Å². The topological polar surface area (TPSA) is 95.6 Å². The van der Waals surface area contributed by atoms with Crippen molar-refractivity contribution in [2.45, 2.75) is 36.6 Å². The molecule has 0 radical (unpaired) electrons. The van der Waals surface area contributed by atoms with Gasteiger partial charge in [-0.3, -0.25) is 9.59 Å². The lowest BCUT2D eigenvalue weighted by molar-refractivity contribution is -0.117. The standard InChI is InChI=1S/C20H20BrN3O4S/c21-18-9-8-16(29(27,28)23-13-6-7-13)12-17(18)20(26)22-14-3-1-4-15(11-14)24-10-2-5-19(24)25/h1,3-4,8-9,11-13,23H,2,5-7,10H2,(H,22,26). The monoisotopic (exact) mass is 477 g/mol. The van der Waals surface area contributed by atoms with Crippen LogP contribution < -0.4 is 14.9 Å². The van der Waals surface area contributed by atoms with Gasteiger partial charge in [0.05, 0.1) is 10.5 Å². The zero-order valence-electron chi connectivity index (χ0n) is 15.5. The summed E-state index contributed by atoms with van der Waals surface area (Å²) in [4.78, 5) is 26.5. The number of nitrogens with zero attached hydrogens (tertiary/aromatic N) is 1. The molecule has 2 amide bonds. The number of carbonyl (C=O) groups excluding carboxylic acids is 2. The number of anilines is 2. The van der Waals surface area contributed by atoms with Gasteiger partial charge in [-0.1, -0.05) is 6.07 Å². The second kappa shape index (κ2) is 7.89. The molecule has 1 heterocycles. The Kier molecular flexibility index (Phi) is 5.46. The van der Waals surface area contributed by atoms with E-state index in [1.54, 1.807) is 29.2 Å². The third-order valence-corrected chi connectivity index (χ3v) is 7.09. The summed E-state index contributed by atoms with van der Waals surface area (Å²) in [5.41, 5.74) is 1.48. The van der Waals surface area contributed by atoms with Gasteiger partial charge in [0.25, 0.3) is 5.91 Å². The lowest BCUT2D eigenvalue weighted by atomic mass is 10.2. The molecule has 2 fully saturated rings. The molecule has 2 aromatic rings. The summed E-state index contributed by atoms with van der Waals surface area (Å²) in [6.45, 7) is 0.662. The van der Waals surface area contributed by atoms with E-state index in [4.69, 9.17) is 0 Å². The molecular formula is C20H20BrN3O4S. The number of benzene rings is 2. The van der Waals surface area contributed by atoms with Crippen LogP contribution in [-0.2, 0) is 14.8 Å². The minimum absolute atomic E-state index is 0.0167. The number of carbonyl (C=O) groups is 2. The van der Waals surface area contributed by atoms with E-state index < -0.39 is 15.9 Å². The third kappa shape index (κ3) is 4.52. The van der Waals surface area contributed by atoms with Gasteiger partial charge in [-0.15, -0.1) is 0 Å². The maximum absolute atomic E-state index is 12.8. The van der Waals surface area contributed by atoms with Gasteiger partial charge in [0, 0.05) is 34.9 Å². The summed E-state index contributed by atoms with van der Waals surface area (Å²) < 4.78 is 28.0. The van der Waals surface area contributed by atoms with Crippen molar-refractivity contribution in [1.29, 1.82) is 0 Å². The molecule has 2 aromatic carbocycles. The average Bonchev–Trinajstić information content (AvgIpc) is 3.38. The number of halogens is 1. The molecule has 1 aliphatic carbocycles. The summed E-state index contributed by atoms with van der Waals surface area (Å²) >= 11 is 3.32. The zero-order valence-corrected chi connectivity index (χ0v) is 17.9. The van der Waals surface area contributed by atoms with Crippen LogP contribution in [0.5, 0.6) is 0 Å². The molecule has 2 aliphatic rings. The molecule has 0 bridgehead atoms. The fourth-order valence-electron chi connectivity index (χ4n) is 3.21. The molecule has 7 nitrogen and oxygen atoms in total. The highest BCUT2D eigenvalue weighted by Gasteiger charge is 2.28. The number of hydrogen-bond donors (Lipinski definition) is 2. The molecular weight excluding hydrogens is 458 g/mol. The van der Waals surface area contributed by atoms with Crippen LogP contribution in [0.1, 0.15) is 36.0 Å². The first-order chi connectivity index (χ1) is 13.8. The van der Waals surface area contributed by atoms with E-state index in [0.717, 1.165) is 24.9 Å². The van der Waals surface area contributed by atoms with Crippen molar-refractivity contribution in [2.75, 3.05) is 16.8 Å². The molecule has 4 rings (SSSR count). The molecule has 9 heteroatoms. The van der Waals surface area contributed by atoms with E-state index in [-0.39, 0.29) is 22.4 Å². The number of hydrogen-bond acceptors (Lipinski definition) is 4. The first kappa shape index (κ1) is 20.1. The first-order valence-electron chi connectivity index (χ1n) is 9.37. The van der Waals surface area contributed by atoms with Crippen LogP contribution in [0.4, 0.5) is 11.4 Å². The lowest BCUT2D eigenvalue weighted by Gasteiger charge is -2.17. The highest BCUT2D eigenvalue weighted by Crippen LogP contribution is 2.27. The number of sulfonamides is 1. The number of rotatable bonds is 6. The zero-order chi connectivity index (χ0) is 20.6.